The summed E-state index contributed by atoms with van der Waals surface area (Å²) in [5.41, 5.74) is 2.88. The fraction of sp³-hybridized carbons (Fsp3) is 0.269. The Bertz CT molecular complexity index is 1260. The van der Waals surface area contributed by atoms with Gasteiger partial charge in [-0.05, 0) is 35.4 Å². The van der Waals surface area contributed by atoms with Gasteiger partial charge in [-0.15, -0.1) is 11.3 Å². The average Bonchev–Trinajstić information content (AvgIpc) is 3.18. The van der Waals surface area contributed by atoms with E-state index in [0.29, 0.717) is 12.1 Å². The second-order valence-electron chi connectivity index (χ2n) is 8.16. The molecule has 1 N–H and O–H groups in total. The first-order valence-corrected chi connectivity index (χ1v) is 12.0. The lowest BCUT2D eigenvalue weighted by atomic mass is 10.0. The number of fused-ring (bicyclic) bond motifs is 1. The number of aryl methyl sites for hydroxylation is 1. The molecule has 0 atom stereocenters. The third-order valence-corrected chi connectivity index (χ3v) is 7.00. The fourth-order valence-corrected chi connectivity index (χ4v) is 5.22. The van der Waals surface area contributed by atoms with Gasteiger partial charge in [0, 0.05) is 24.4 Å². The number of thiazole rings is 1. The van der Waals surface area contributed by atoms with Gasteiger partial charge in [-0.2, -0.15) is 0 Å². The van der Waals surface area contributed by atoms with Crippen molar-refractivity contribution < 1.29 is 9.53 Å². The molecule has 0 saturated carbocycles. The first-order valence-electron chi connectivity index (χ1n) is 11.2. The number of benzene rings is 2. The normalized spacial score (nSPS) is 13.9. The van der Waals surface area contributed by atoms with Gasteiger partial charge in [0.2, 0.25) is 5.91 Å². The number of hydrogen-bond acceptors (Lipinski definition) is 6. The van der Waals surface area contributed by atoms with Crippen molar-refractivity contribution in [3.63, 3.8) is 0 Å². The van der Waals surface area contributed by atoms with Crippen LogP contribution in [0.1, 0.15) is 21.1 Å². The van der Waals surface area contributed by atoms with Crippen LogP contribution < -0.4 is 10.2 Å². The zero-order valence-corrected chi connectivity index (χ0v) is 19.4. The summed E-state index contributed by atoms with van der Waals surface area (Å²) in [7, 11) is 0. The molecule has 5 rings (SSSR count). The van der Waals surface area contributed by atoms with Crippen molar-refractivity contribution in [3.8, 4) is 0 Å². The van der Waals surface area contributed by atoms with E-state index in [-0.39, 0.29) is 5.91 Å². The Labute approximate surface area is 197 Å². The van der Waals surface area contributed by atoms with Crippen molar-refractivity contribution in [1.82, 2.24) is 9.97 Å². The lowest BCUT2D eigenvalue weighted by Crippen LogP contribution is -2.36. The number of pyridine rings is 1. The van der Waals surface area contributed by atoms with E-state index in [1.54, 1.807) is 17.5 Å². The minimum Gasteiger partial charge on any atom is -0.378 e. The van der Waals surface area contributed by atoms with Gasteiger partial charge in [0.15, 0.2) is 0 Å². The van der Waals surface area contributed by atoms with Gasteiger partial charge in [0.1, 0.15) is 5.82 Å². The number of nitrogens with zero attached hydrogens (tertiary/aromatic N) is 3. The maximum atomic E-state index is 12.7. The second kappa shape index (κ2) is 9.68. The summed E-state index contributed by atoms with van der Waals surface area (Å²) in [5, 5.41) is 6.48. The van der Waals surface area contributed by atoms with Crippen molar-refractivity contribution in [2.75, 3.05) is 36.5 Å². The standard InChI is InChI=1S/C26H26N4O2S/c1-18-23(33-26(28-18)15-20-7-4-6-19-5-2-3-8-22(19)20)16-25(31)29-21-9-10-24(27-17-21)30-11-13-32-14-12-30/h2-10,17H,11-16H2,1H3,(H,29,31). The summed E-state index contributed by atoms with van der Waals surface area (Å²) in [6.07, 6.45) is 2.79. The van der Waals surface area contributed by atoms with Crippen molar-refractivity contribution in [3.05, 3.63) is 81.9 Å². The highest BCUT2D eigenvalue weighted by Gasteiger charge is 2.15. The number of rotatable bonds is 6. The van der Waals surface area contributed by atoms with E-state index in [1.165, 1.54) is 16.3 Å². The molecule has 1 aliphatic heterocycles. The van der Waals surface area contributed by atoms with Crippen LogP contribution in [0.2, 0.25) is 0 Å². The highest BCUT2D eigenvalue weighted by atomic mass is 32.1. The summed E-state index contributed by atoms with van der Waals surface area (Å²) in [4.78, 5) is 25.1. The highest BCUT2D eigenvalue weighted by Crippen LogP contribution is 2.26. The van der Waals surface area contributed by atoms with Gasteiger partial charge in [-0.3, -0.25) is 4.79 Å². The maximum absolute atomic E-state index is 12.7. The minimum atomic E-state index is -0.0561. The molecule has 168 valence electrons. The second-order valence-corrected chi connectivity index (χ2v) is 9.33. The van der Waals surface area contributed by atoms with Crippen LogP contribution in [0.3, 0.4) is 0 Å². The lowest BCUT2D eigenvalue weighted by molar-refractivity contribution is -0.115. The molecule has 7 heteroatoms. The topological polar surface area (TPSA) is 67.4 Å². The van der Waals surface area contributed by atoms with Crippen LogP contribution in [0.25, 0.3) is 10.8 Å². The van der Waals surface area contributed by atoms with Crippen LogP contribution in [-0.4, -0.2) is 42.2 Å². The number of hydrogen-bond donors (Lipinski definition) is 1. The molecule has 0 bridgehead atoms. The number of morpholine rings is 1. The summed E-state index contributed by atoms with van der Waals surface area (Å²) < 4.78 is 5.39. The van der Waals surface area contributed by atoms with E-state index in [9.17, 15) is 4.79 Å². The Morgan fingerprint density at radius 2 is 1.91 bits per heavy atom. The summed E-state index contributed by atoms with van der Waals surface area (Å²) >= 11 is 1.62. The Morgan fingerprint density at radius 1 is 1.09 bits per heavy atom. The van der Waals surface area contributed by atoms with E-state index >= 15 is 0 Å². The zero-order chi connectivity index (χ0) is 22.6. The molecule has 0 aliphatic carbocycles. The molecule has 0 radical (unpaired) electrons. The molecular formula is C26H26N4O2S. The van der Waals surface area contributed by atoms with E-state index in [4.69, 9.17) is 9.72 Å². The Hall–Kier alpha value is -3.29. The predicted octanol–water partition coefficient (Wildman–Crippen LogP) is 4.61. The van der Waals surface area contributed by atoms with E-state index < -0.39 is 0 Å². The molecule has 4 aromatic rings. The average molecular weight is 459 g/mol. The molecule has 0 spiro atoms. The van der Waals surface area contributed by atoms with Crippen molar-refractivity contribution >= 4 is 39.5 Å². The summed E-state index contributed by atoms with van der Waals surface area (Å²) in [6.45, 7) is 5.09. The Morgan fingerprint density at radius 3 is 2.73 bits per heavy atom. The molecular weight excluding hydrogens is 432 g/mol. The van der Waals surface area contributed by atoms with Gasteiger partial charge in [0.05, 0.1) is 42.2 Å². The van der Waals surface area contributed by atoms with Gasteiger partial charge in [-0.1, -0.05) is 42.5 Å². The van der Waals surface area contributed by atoms with Gasteiger partial charge >= 0.3 is 0 Å². The van der Waals surface area contributed by atoms with Gasteiger partial charge in [0.25, 0.3) is 0 Å². The smallest absolute Gasteiger partial charge is 0.229 e. The monoisotopic (exact) mass is 458 g/mol. The third-order valence-electron chi connectivity index (χ3n) is 5.85. The zero-order valence-electron chi connectivity index (χ0n) is 18.6. The van der Waals surface area contributed by atoms with Crippen LogP contribution >= 0.6 is 11.3 Å². The van der Waals surface area contributed by atoms with Crippen LogP contribution in [0.15, 0.2) is 60.8 Å². The molecule has 1 saturated heterocycles. The number of amides is 1. The predicted molar refractivity (Wildman–Crippen MR) is 133 cm³/mol. The van der Waals surface area contributed by atoms with E-state index in [0.717, 1.165) is 54.1 Å². The first-order chi connectivity index (χ1) is 16.2. The third kappa shape index (κ3) is 5.05. The van der Waals surface area contributed by atoms with Crippen molar-refractivity contribution in [2.45, 2.75) is 19.8 Å². The Balaban J connectivity index is 1.23. The quantitative estimate of drug-likeness (QED) is 0.457. The molecule has 0 unspecified atom stereocenters. The fourth-order valence-electron chi connectivity index (χ4n) is 4.13. The van der Waals surface area contributed by atoms with E-state index in [2.05, 4.69) is 57.7 Å². The largest absolute Gasteiger partial charge is 0.378 e. The number of aromatic nitrogens is 2. The summed E-state index contributed by atoms with van der Waals surface area (Å²) in [6, 6.07) is 18.6. The highest BCUT2D eigenvalue weighted by molar-refractivity contribution is 7.11. The SMILES string of the molecule is Cc1nc(Cc2cccc3ccccc23)sc1CC(=O)Nc1ccc(N2CCOCC2)nc1. The van der Waals surface area contributed by atoms with Crippen LogP contribution in [-0.2, 0) is 22.4 Å². The molecule has 2 aromatic heterocycles. The number of anilines is 2. The first kappa shape index (κ1) is 21.6. The lowest BCUT2D eigenvalue weighted by Gasteiger charge is -2.27. The summed E-state index contributed by atoms with van der Waals surface area (Å²) in [5.74, 6) is 0.854. The molecule has 2 aromatic carbocycles. The Kier molecular flexibility index (Phi) is 6.32. The van der Waals surface area contributed by atoms with Gasteiger partial charge in [-0.25, -0.2) is 9.97 Å². The molecule has 6 nitrogen and oxygen atoms in total. The molecule has 3 heterocycles. The number of ether oxygens (including phenoxy) is 1. The van der Waals surface area contributed by atoms with Crippen molar-refractivity contribution in [1.29, 1.82) is 0 Å². The van der Waals surface area contributed by atoms with Crippen LogP contribution in [0.4, 0.5) is 11.5 Å². The van der Waals surface area contributed by atoms with Crippen molar-refractivity contribution in [2.24, 2.45) is 0 Å². The van der Waals surface area contributed by atoms with Crippen LogP contribution in [0.5, 0.6) is 0 Å². The molecule has 1 fully saturated rings. The number of carbonyl (C=O) groups is 1. The van der Waals surface area contributed by atoms with Crippen LogP contribution in [0, 0.1) is 6.92 Å². The maximum Gasteiger partial charge on any atom is 0.229 e. The molecule has 33 heavy (non-hydrogen) atoms. The minimum absolute atomic E-state index is 0.0561. The molecule has 1 aliphatic rings. The number of carbonyl (C=O) groups excluding carboxylic acids is 1. The van der Waals surface area contributed by atoms with Gasteiger partial charge < -0.3 is 15.0 Å². The molecule has 1 amide bonds. The van der Waals surface area contributed by atoms with E-state index in [1.807, 2.05) is 19.1 Å². The number of nitrogens with one attached hydrogen (secondary N) is 1.